The fraction of sp³-hybridized carbons (Fsp3) is 0.500. The Balaban J connectivity index is 2.92. The van der Waals surface area contributed by atoms with Crippen LogP contribution in [0.1, 0.15) is 16.9 Å². The molecule has 1 aromatic rings. The minimum atomic E-state index is -3.78. The van der Waals surface area contributed by atoms with Crippen LogP contribution in [0, 0.1) is 0 Å². The normalized spacial score (nSPS) is 11.4. The minimum Gasteiger partial charge on any atom is -0.464 e. The van der Waals surface area contributed by atoms with Crippen molar-refractivity contribution in [2.45, 2.75) is 10.6 Å². The van der Waals surface area contributed by atoms with Gasteiger partial charge in [0, 0.05) is 13.2 Å². The van der Waals surface area contributed by atoms with Crippen LogP contribution in [0.4, 0.5) is 0 Å². The van der Waals surface area contributed by atoms with Gasteiger partial charge in [-0.1, -0.05) is 0 Å². The van der Waals surface area contributed by atoms with E-state index in [-0.39, 0.29) is 23.1 Å². The summed E-state index contributed by atoms with van der Waals surface area (Å²) in [4.78, 5) is 14.9. The number of ether oxygens (including phenoxy) is 1. The number of aliphatic hydroxyl groups excluding tert-OH is 1. The van der Waals surface area contributed by atoms with Gasteiger partial charge >= 0.3 is 5.97 Å². The first-order chi connectivity index (χ1) is 8.03. The zero-order valence-electron chi connectivity index (χ0n) is 9.04. The lowest BCUT2D eigenvalue weighted by atomic mass is 10.5. The number of nitrogens with zero attached hydrogens (tertiary/aromatic N) is 1. The Bertz CT molecular complexity index is 482. The summed E-state index contributed by atoms with van der Waals surface area (Å²) in [7, 11) is -2.63. The molecule has 0 bridgehead atoms. The van der Waals surface area contributed by atoms with Gasteiger partial charge in [-0.3, -0.25) is 0 Å². The van der Waals surface area contributed by atoms with Crippen molar-refractivity contribution >= 4 is 27.3 Å². The maximum absolute atomic E-state index is 11.8. The van der Waals surface area contributed by atoms with Crippen molar-refractivity contribution < 1.29 is 23.1 Å². The van der Waals surface area contributed by atoms with E-state index in [0.717, 1.165) is 18.4 Å². The van der Waals surface area contributed by atoms with Gasteiger partial charge in [0.15, 0.2) is 9.90 Å². The van der Waals surface area contributed by atoms with Gasteiger partial charge in [-0.15, -0.1) is 11.3 Å². The SMILES string of the molecule is COC(=O)c1ncsc1S(=O)(=O)NCCCO. The molecule has 0 fully saturated rings. The van der Waals surface area contributed by atoms with Crippen LogP contribution in [-0.4, -0.2) is 44.7 Å². The Morgan fingerprint density at radius 3 is 2.94 bits per heavy atom. The number of methoxy groups -OCH3 is 1. The number of esters is 1. The number of carbonyl (C=O) groups is 1. The molecule has 2 N–H and O–H groups in total. The third kappa shape index (κ3) is 3.46. The lowest BCUT2D eigenvalue weighted by molar-refractivity contribution is 0.0590. The van der Waals surface area contributed by atoms with Crippen molar-refractivity contribution in [2.24, 2.45) is 0 Å². The van der Waals surface area contributed by atoms with E-state index in [1.807, 2.05) is 0 Å². The summed E-state index contributed by atoms with van der Waals surface area (Å²) in [6.45, 7) is -0.0214. The number of nitrogens with one attached hydrogen (secondary N) is 1. The molecule has 0 aliphatic rings. The molecule has 1 aromatic heterocycles. The zero-order valence-corrected chi connectivity index (χ0v) is 10.7. The van der Waals surface area contributed by atoms with Gasteiger partial charge in [-0.05, 0) is 6.42 Å². The molecule has 7 nitrogen and oxygen atoms in total. The Morgan fingerprint density at radius 2 is 2.35 bits per heavy atom. The third-order valence-electron chi connectivity index (χ3n) is 1.78. The lowest BCUT2D eigenvalue weighted by Crippen LogP contribution is -2.26. The van der Waals surface area contributed by atoms with Crippen molar-refractivity contribution in [3.05, 3.63) is 11.2 Å². The Morgan fingerprint density at radius 1 is 1.65 bits per heavy atom. The Labute approximate surface area is 102 Å². The first kappa shape index (κ1) is 14.0. The topological polar surface area (TPSA) is 106 Å². The number of aliphatic hydroxyl groups is 1. The maximum Gasteiger partial charge on any atom is 0.358 e. The molecule has 0 unspecified atom stereocenters. The number of rotatable bonds is 6. The Kier molecular flexibility index (Phi) is 5.00. The maximum atomic E-state index is 11.8. The van der Waals surface area contributed by atoms with Crippen LogP contribution in [0.3, 0.4) is 0 Å². The Hall–Kier alpha value is -1.03. The summed E-state index contributed by atoms with van der Waals surface area (Å²) < 4.78 is 30.1. The standard InChI is InChI=1S/C8H12N2O5S2/c1-15-7(12)6-8(16-5-9-6)17(13,14)10-3-2-4-11/h5,10-11H,2-4H2,1H3. The second-order valence-corrected chi connectivity index (χ2v) is 5.77. The largest absolute Gasteiger partial charge is 0.464 e. The monoisotopic (exact) mass is 280 g/mol. The van der Waals surface area contributed by atoms with Gasteiger partial charge in [0.05, 0.1) is 12.6 Å². The van der Waals surface area contributed by atoms with E-state index in [9.17, 15) is 13.2 Å². The fourth-order valence-electron chi connectivity index (χ4n) is 1.01. The molecule has 0 aliphatic heterocycles. The highest BCUT2D eigenvalue weighted by Crippen LogP contribution is 2.20. The van der Waals surface area contributed by atoms with E-state index in [2.05, 4.69) is 14.4 Å². The predicted molar refractivity (Wildman–Crippen MR) is 60.3 cm³/mol. The van der Waals surface area contributed by atoms with E-state index in [1.165, 1.54) is 5.51 Å². The molecule has 96 valence electrons. The average molecular weight is 280 g/mol. The van der Waals surface area contributed by atoms with Crippen LogP contribution in [0.5, 0.6) is 0 Å². The highest BCUT2D eigenvalue weighted by Gasteiger charge is 2.25. The number of carbonyl (C=O) groups excluding carboxylic acids is 1. The number of hydrogen-bond donors (Lipinski definition) is 2. The minimum absolute atomic E-state index is 0.0946. The van der Waals surface area contributed by atoms with Crippen LogP contribution >= 0.6 is 11.3 Å². The molecule has 0 atom stereocenters. The molecule has 0 spiro atoms. The molecule has 0 aliphatic carbocycles. The first-order valence-electron chi connectivity index (χ1n) is 4.65. The van der Waals surface area contributed by atoms with Gasteiger partial charge in [-0.2, -0.15) is 0 Å². The van der Waals surface area contributed by atoms with Crippen molar-refractivity contribution in [2.75, 3.05) is 20.3 Å². The smallest absolute Gasteiger partial charge is 0.358 e. The van der Waals surface area contributed by atoms with E-state index in [0.29, 0.717) is 6.42 Å². The highest BCUT2D eigenvalue weighted by atomic mass is 32.2. The molecule has 17 heavy (non-hydrogen) atoms. The van der Waals surface area contributed by atoms with Crippen molar-refractivity contribution in [1.82, 2.24) is 9.71 Å². The van der Waals surface area contributed by atoms with E-state index < -0.39 is 16.0 Å². The van der Waals surface area contributed by atoms with Crippen molar-refractivity contribution in [3.63, 3.8) is 0 Å². The van der Waals surface area contributed by atoms with Gasteiger partial charge < -0.3 is 9.84 Å². The van der Waals surface area contributed by atoms with Crippen LogP contribution < -0.4 is 4.72 Å². The first-order valence-corrected chi connectivity index (χ1v) is 7.01. The molecule has 9 heteroatoms. The number of aromatic nitrogens is 1. The van der Waals surface area contributed by atoms with Crippen LogP contribution in [-0.2, 0) is 14.8 Å². The molecule has 1 rings (SSSR count). The molecular formula is C8H12N2O5S2. The second-order valence-electron chi connectivity index (χ2n) is 2.95. The summed E-state index contributed by atoms with van der Waals surface area (Å²) in [5, 5.41) is 8.56. The summed E-state index contributed by atoms with van der Waals surface area (Å²) in [5.41, 5.74) is 1.03. The average Bonchev–Trinajstić information content (AvgIpc) is 2.78. The van der Waals surface area contributed by atoms with Gasteiger partial charge in [0.25, 0.3) is 10.0 Å². The van der Waals surface area contributed by atoms with Crippen LogP contribution in [0.25, 0.3) is 0 Å². The lowest BCUT2D eigenvalue weighted by Gasteiger charge is -2.04. The second kappa shape index (κ2) is 6.05. The third-order valence-corrected chi connectivity index (χ3v) is 4.62. The van der Waals surface area contributed by atoms with Gasteiger partial charge in [-0.25, -0.2) is 22.9 Å². The molecule has 0 radical (unpaired) electrons. The summed E-state index contributed by atoms with van der Waals surface area (Å²) in [6, 6.07) is 0. The number of thiazole rings is 1. The number of hydrogen-bond acceptors (Lipinski definition) is 7. The van der Waals surface area contributed by atoms with Gasteiger partial charge in [0.1, 0.15) is 0 Å². The molecule has 0 saturated heterocycles. The van der Waals surface area contributed by atoms with Gasteiger partial charge in [0.2, 0.25) is 0 Å². The number of sulfonamides is 1. The predicted octanol–water partition coefficient (Wildman–Crippen LogP) is -0.410. The van der Waals surface area contributed by atoms with Crippen LogP contribution in [0.15, 0.2) is 9.72 Å². The zero-order chi connectivity index (χ0) is 12.9. The van der Waals surface area contributed by atoms with E-state index in [1.54, 1.807) is 0 Å². The van der Waals surface area contributed by atoms with E-state index in [4.69, 9.17) is 5.11 Å². The highest BCUT2D eigenvalue weighted by molar-refractivity contribution is 7.91. The van der Waals surface area contributed by atoms with E-state index >= 15 is 0 Å². The molecule has 0 aromatic carbocycles. The summed E-state index contributed by atoms with van der Waals surface area (Å²) in [5.74, 6) is -0.797. The molecule has 0 amide bonds. The summed E-state index contributed by atoms with van der Waals surface area (Å²) in [6.07, 6.45) is 0.297. The molecule has 1 heterocycles. The van der Waals surface area contributed by atoms with Crippen molar-refractivity contribution in [3.8, 4) is 0 Å². The fourth-order valence-corrected chi connectivity index (χ4v) is 3.26. The molecular weight excluding hydrogens is 268 g/mol. The molecule has 0 saturated carbocycles. The quantitative estimate of drug-likeness (QED) is 0.542. The summed E-state index contributed by atoms with van der Waals surface area (Å²) >= 11 is 0.833. The van der Waals surface area contributed by atoms with Crippen molar-refractivity contribution in [1.29, 1.82) is 0 Å². The van der Waals surface area contributed by atoms with Crippen LogP contribution in [0.2, 0.25) is 0 Å².